The molecule has 0 aliphatic rings. The van der Waals surface area contributed by atoms with Gasteiger partial charge in [-0.2, -0.15) is 9.83 Å². The molecule has 0 bridgehead atoms. The van der Waals surface area contributed by atoms with E-state index in [1.165, 1.54) is 29.2 Å². The highest BCUT2D eigenvalue weighted by Crippen LogP contribution is 2.24. The highest BCUT2D eigenvalue weighted by Gasteiger charge is 2.17. The third-order valence-electron chi connectivity index (χ3n) is 2.85. The van der Waals surface area contributed by atoms with E-state index in [4.69, 9.17) is 0 Å². The molecule has 0 atom stereocenters. The Morgan fingerprint density at radius 3 is 3.00 bits per heavy atom. The van der Waals surface area contributed by atoms with Crippen molar-refractivity contribution in [2.75, 3.05) is 0 Å². The Labute approximate surface area is 102 Å². The highest BCUT2D eigenvalue weighted by molar-refractivity contribution is 5.64. The Morgan fingerprint density at radius 2 is 2.17 bits per heavy atom. The van der Waals surface area contributed by atoms with E-state index in [0.29, 0.717) is 21.6 Å². The molecule has 0 aromatic carbocycles. The largest absolute Gasteiger partial charge is 0.618 e. The van der Waals surface area contributed by atoms with Crippen LogP contribution in [0.5, 0.6) is 0 Å². The fraction of sp³-hybridized carbons (Fsp3) is 0.0833. The molecule has 90 valence electrons. The lowest BCUT2D eigenvalue weighted by Gasteiger charge is -2.08. The van der Waals surface area contributed by atoms with Gasteiger partial charge in [-0.1, -0.05) is 0 Å². The summed E-state index contributed by atoms with van der Waals surface area (Å²) in [6.07, 6.45) is 2.72. The van der Waals surface area contributed by atoms with E-state index in [0.717, 1.165) is 0 Å². The summed E-state index contributed by atoms with van der Waals surface area (Å²) in [7, 11) is 0. The number of hydrogen-bond donors (Lipinski definition) is 0. The quantitative estimate of drug-likeness (QED) is 0.481. The predicted molar refractivity (Wildman–Crippen MR) is 62.1 cm³/mol. The van der Waals surface area contributed by atoms with Crippen molar-refractivity contribution in [2.45, 2.75) is 6.92 Å². The molecular weight excluding hydrogens is 235 g/mol. The molecular formula is C12H9FN4O. The maximum Gasteiger partial charge on any atom is 0.199 e. The number of fused-ring (bicyclic) bond motifs is 1. The van der Waals surface area contributed by atoms with Crippen molar-refractivity contribution in [1.82, 2.24) is 14.6 Å². The summed E-state index contributed by atoms with van der Waals surface area (Å²) in [5.74, 6) is -0.442. The molecule has 3 heterocycles. The highest BCUT2D eigenvalue weighted by atomic mass is 19.1. The van der Waals surface area contributed by atoms with Crippen LogP contribution in [0.3, 0.4) is 0 Å². The third kappa shape index (κ3) is 1.42. The van der Waals surface area contributed by atoms with Crippen LogP contribution >= 0.6 is 0 Å². The van der Waals surface area contributed by atoms with Crippen LogP contribution in [0.2, 0.25) is 0 Å². The van der Waals surface area contributed by atoms with Crippen molar-refractivity contribution >= 4 is 5.65 Å². The molecule has 0 amide bonds. The molecule has 0 N–H and O–H groups in total. The molecule has 0 fully saturated rings. The van der Waals surface area contributed by atoms with E-state index in [9.17, 15) is 9.60 Å². The number of aromatic nitrogens is 4. The number of nitrogens with zero attached hydrogens (tertiary/aromatic N) is 4. The Hall–Kier alpha value is -2.50. The molecule has 3 aromatic rings. The first-order chi connectivity index (χ1) is 8.68. The summed E-state index contributed by atoms with van der Waals surface area (Å²) >= 11 is 0. The molecule has 0 saturated heterocycles. The van der Waals surface area contributed by atoms with Crippen molar-refractivity contribution in [3.63, 3.8) is 0 Å². The topological polar surface area (TPSA) is 57.1 Å². The average molecular weight is 244 g/mol. The zero-order valence-electron chi connectivity index (χ0n) is 9.54. The normalized spacial score (nSPS) is 11.0. The molecule has 3 rings (SSSR count). The van der Waals surface area contributed by atoms with Gasteiger partial charge in [-0.05, 0) is 18.2 Å². The van der Waals surface area contributed by atoms with Crippen LogP contribution in [0.25, 0.3) is 16.9 Å². The second-order valence-electron chi connectivity index (χ2n) is 3.89. The van der Waals surface area contributed by atoms with Crippen LogP contribution in [-0.2, 0) is 0 Å². The van der Waals surface area contributed by atoms with Gasteiger partial charge < -0.3 is 5.21 Å². The number of hydrogen-bond acceptors (Lipinski definition) is 3. The summed E-state index contributed by atoms with van der Waals surface area (Å²) in [6, 6.07) is 6.12. The minimum atomic E-state index is -0.442. The van der Waals surface area contributed by atoms with Crippen LogP contribution in [0, 0.1) is 17.9 Å². The molecule has 3 aromatic heterocycles. The lowest BCUT2D eigenvalue weighted by atomic mass is 10.1. The molecule has 5 nitrogen and oxygen atoms in total. The monoisotopic (exact) mass is 244 g/mol. The van der Waals surface area contributed by atoms with Gasteiger partial charge in [-0.3, -0.25) is 0 Å². The van der Waals surface area contributed by atoms with Gasteiger partial charge in [0.15, 0.2) is 17.5 Å². The van der Waals surface area contributed by atoms with E-state index in [-0.39, 0.29) is 5.69 Å². The van der Waals surface area contributed by atoms with Crippen LogP contribution in [-0.4, -0.2) is 14.6 Å². The summed E-state index contributed by atoms with van der Waals surface area (Å²) in [5.41, 5.74) is 1.69. The van der Waals surface area contributed by atoms with Gasteiger partial charge in [0, 0.05) is 13.0 Å². The van der Waals surface area contributed by atoms with E-state index in [1.807, 2.05) is 0 Å². The molecule has 18 heavy (non-hydrogen) atoms. The fourth-order valence-corrected chi connectivity index (χ4v) is 1.93. The first-order valence-corrected chi connectivity index (χ1v) is 5.36. The van der Waals surface area contributed by atoms with E-state index >= 15 is 0 Å². The van der Waals surface area contributed by atoms with Gasteiger partial charge >= 0.3 is 0 Å². The van der Waals surface area contributed by atoms with E-state index in [1.54, 1.807) is 19.1 Å². The van der Waals surface area contributed by atoms with Gasteiger partial charge in [-0.25, -0.2) is 13.9 Å². The summed E-state index contributed by atoms with van der Waals surface area (Å²) < 4.78 is 16.1. The SMILES string of the molecule is Cc1c(-c2c(F)ccc3ncnn23)ccc[n+]1[O-]. The Morgan fingerprint density at radius 1 is 1.33 bits per heavy atom. The van der Waals surface area contributed by atoms with Crippen LogP contribution < -0.4 is 4.73 Å². The minimum absolute atomic E-state index is 0.243. The van der Waals surface area contributed by atoms with Crippen molar-refractivity contribution in [1.29, 1.82) is 0 Å². The molecule has 0 aliphatic heterocycles. The van der Waals surface area contributed by atoms with Crippen molar-refractivity contribution in [3.05, 3.63) is 53.5 Å². The molecule has 0 saturated carbocycles. The number of pyridine rings is 2. The minimum Gasteiger partial charge on any atom is -0.618 e. The standard InChI is InChI=1S/C12H9FN4O/c1-8-9(3-2-6-16(8)18)12-10(13)4-5-11-14-7-15-17(11)12/h2-7H,1H3. The van der Waals surface area contributed by atoms with Crippen molar-refractivity contribution in [3.8, 4) is 11.3 Å². The smallest absolute Gasteiger partial charge is 0.199 e. The summed E-state index contributed by atoms with van der Waals surface area (Å²) in [4.78, 5) is 4.00. The van der Waals surface area contributed by atoms with E-state index < -0.39 is 5.82 Å². The van der Waals surface area contributed by atoms with Gasteiger partial charge in [0.1, 0.15) is 17.8 Å². The molecule has 0 radical (unpaired) electrons. The Kier molecular flexibility index (Phi) is 2.22. The van der Waals surface area contributed by atoms with Crippen LogP contribution in [0.1, 0.15) is 5.69 Å². The summed E-state index contributed by atoms with van der Waals surface area (Å²) in [5, 5.41) is 15.5. The second-order valence-corrected chi connectivity index (χ2v) is 3.89. The first kappa shape index (κ1) is 10.6. The van der Waals surface area contributed by atoms with Gasteiger partial charge in [0.05, 0.1) is 5.56 Å². The maximum atomic E-state index is 14.0. The average Bonchev–Trinajstić information content (AvgIpc) is 2.82. The van der Waals surface area contributed by atoms with Crippen LogP contribution in [0.4, 0.5) is 4.39 Å². The lowest BCUT2D eigenvalue weighted by Crippen LogP contribution is -2.29. The van der Waals surface area contributed by atoms with Crippen molar-refractivity contribution in [2.24, 2.45) is 0 Å². The Bertz CT molecular complexity index is 738. The molecule has 6 heteroatoms. The van der Waals surface area contributed by atoms with Gasteiger partial charge in [0.2, 0.25) is 0 Å². The second kappa shape index (κ2) is 3.76. The maximum absolute atomic E-state index is 14.0. The molecule has 0 aliphatic carbocycles. The predicted octanol–water partition coefficient (Wildman–Crippen LogP) is 1.48. The van der Waals surface area contributed by atoms with Crippen molar-refractivity contribution < 1.29 is 9.12 Å². The lowest BCUT2D eigenvalue weighted by molar-refractivity contribution is -0.611. The summed E-state index contributed by atoms with van der Waals surface area (Å²) in [6.45, 7) is 1.64. The molecule has 0 spiro atoms. The van der Waals surface area contributed by atoms with Gasteiger partial charge in [-0.15, -0.1) is 0 Å². The zero-order valence-corrected chi connectivity index (χ0v) is 9.54. The zero-order chi connectivity index (χ0) is 12.7. The fourth-order valence-electron chi connectivity index (χ4n) is 1.93. The van der Waals surface area contributed by atoms with Gasteiger partial charge in [0.25, 0.3) is 0 Å². The van der Waals surface area contributed by atoms with Crippen LogP contribution in [0.15, 0.2) is 36.8 Å². The number of halogens is 1. The molecule has 0 unspecified atom stereocenters. The van der Waals surface area contributed by atoms with E-state index in [2.05, 4.69) is 10.1 Å². The third-order valence-corrected chi connectivity index (χ3v) is 2.85. The Balaban J connectivity index is 2.40. The first-order valence-electron chi connectivity index (χ1n) is 5.36. The number of rotatable bonds is 1.